The maximum atomic E-state index is 12.1. The van der Waals surface area contributed by atoms with Gasteiger partial charge in [0.15, 0.2) is 6.10 Å². The Morgan fingerprint density at radius 1 is 1.33 bits per heavy atom. The van der Waals surface area contributed by atoms with Crippen molar-refractivity contribution in [3.05, 3.63) is 50.2 Å². The molecule has 0 unspecified atom stereocenters. The summed E-state index contributed by atoms with van der Waals surface area (Å²) in [7, 11) is 0. The number of ether oxygens (including phenoxy) is 1. The van der Waals surface area contributed by atoms with Crippen LogP contribution in [0.1, 0.15) is 32.6 Å². The van der Waals surface area contributed by atoms with Crippen molar-refractivity contribution < 1.29 is 14.3 Å². The Morgan fingerprint density at radius 3 is 2.58 bits per heavy atom. The average molecular weight is 363 g/mol. The molecule has 5 nitrogen and oxygen atoms in total. The van der Waals surface area contributed by atoms with Gasteiger partial charge in [-0.25, -0.2) is 4.79 Å². The summed E-state index contributed by atoms with van der Waals surface area (Å²) in [5.41, 5.74) is 1.21. The van der Waals surface area contributed by atoms with Gasteiger partial charge in [0.2, 0.25) is 0 Å². The number of nitrogens with one attached hydrogen (secondary N) is 1. The molecule has 2 rings (SSSR count). The largest absolute Gasteiger partial charge is 0.449 e. The highest BCUT2D eigenvalue weighted by molar-refractivity contribution is 7.12. The molecule has 7 heteroatoms. The minimum atomic E-state index is -0.966. The summed E-state index contributed by atoms with van der Waals surface area (Å²) in [5, 5.41) is 11.7. The SMILES string of the molecule is Cc1cc(C(=O)O[C@H](C)C(=O)Nc2ccc(C#N)c(Cl)c2)c(C)s1. The van der Waals surface area contributed by atoms with Crippen LogP contribution < -0.4 is 5.32 Å². The van der Waals surface area contributed by atoms with Gasteiger partial charge < -0.3 is 10.1 Å². The Morgan fingerprint density at radius 2 is 2.04 bits per heavy atom. The fraction of sp³-hybridized carbons (Fsp3) is 0.235. The molecule has 0 saturated heterocycles. The standard InChI is InChI=1S/C17H15ClN2O3S/c1-9-6-14(11(3)24-9)17(22)23-10(2)16(21)20-13-5-4-12(8-19)15(18)7-13/h4-7,10H,1-3H3,(H,20,21)/t10-/m1/s1. The van der Waals surface area contributed by atoms with E-state index in [9.17, 15) is 9.59 Å². The zero-order valence-corrected chi connectivity index (χ0v) is 14.9. The normalized spacial score (nSPS) is 11.5. The number of amides is 1. The van der Waals surface area contributed by atoms with E-state index >= 15 is 0 Å². The second-order valence-corrected chi connectivity index (χ2v) is 7.04. The molecule has 0 radical (unpaired) electrons. The molecular weight excluding hydrogens is 348 g/mol. The van der Waals surface area contributed by atoms with Gasteiger partial charge in [-0.1, -0.05) is 11.6 Å². The van der Waals surface area contributed by atoms with Gasteiger partial charge in [0.25, 0.3) is 5.91 Å². The third-order valence-electron chi connectivity index (χ3n) is 3.27. The van der Waals surface area contributed by atoms with Crippen LogP contribution >= 0.6 is 22.9 Å². The second-order valence-electron chi connectivity index (χ2n) is 5.17. The van der Waals surface area contributed by atoms with E-state index in [4.69, 9.17) is 21.6 Å². The molecule has 0 saturated carbocycles. The molecule has 0 bridgehead atoms. The summed E-state index contributed by atoms with van der Waals surface area (Å²) in [6.45, 7) is 5.23. The minimum absolute atomic E-state index is 0.240. The molecule has 1 aromatic carbocycles. The van der Waals surface area contributed by atoms with Gasteiger partial charge >= 0.3 is 5.97 Å². The first-order valence-corrected chi connectivity index (χ1v) is 8.29. The molecule has 1 heterocycles. The quantitative estimate of drug-likeness (QED) is 0.831. The molecule has 1 N–H and O–H groups in total. The summed E-state index contributed by atoms with van der Waals surface area (Å²) in [6.07, 6.45) is -0.966. The first kappa shape index (κ1) is 18.0. The number of rotatable bonds is 4. The van der Waals surface area contributed by atoms with Crippen LogP contribution in [0.4, 0.5) is 5.69 Å². The first-order valence-electron chi connectivity index (χ1n) is 7.10. The number of carbonyl (C=O) groups excluding carboxylic acids is 2. The molecule has 0 aliphatic carbocycles. The lowest BCUT2D eigenvalue weighted by Crippen LogP contribution is -2.30. The van der Waals surface area contributed by atoms with Gasteiger partial charge in [-0.3, -0.25) is 4.79 Å². The van der Waals surface area contributed by atoms with E-state index in [-0.39, 0.29) is 5.02 Å². The summed E-state index contributed by atoms with van der Waals surface area (Å²) >= 11 is 7.42. The number of halogens is 1. The number of aryl methyl sites for hydroxylation is 2. The van der Waals surface area contributed by atoms with Gasteiger partial charge in [-0.15, -0.1) is 11.3 Å². The number of nitrogens with zero attached hydrogens (tertiary/aromatic N) is 1. The van der Waals surface area contributed by atoms with Crippen molar-refractivity contribution in [2.75, 3.05) is 5.32 Å². The minimum Gasteiger partial charge on any atom is -0.449 e. The topological polar surface area (TPSA) is 79.2 Å². The van der Waals surface area contributed by atoms with E-state index in [1.165, 1.54) is 30.4 Å². The summed E-state index contributed by atoms with van der Waals surface area (Å²) in [4.78, 5) is 26.1. The van der Waals surface area contributed by atoms with Gasteiger partial charge in [0, 0.05) is 15.4 Å². The Balaban J connectivity index is 2.02. The highest BCUT2D eigenvalue weighted by Crippen LogP contribution is 2.22. The van der Waals surface area contributed by atoms with Crippen molar-refractivity contribution in [2.24, 2.45) is 0 Å². The maximum Gasteiger partial charge on any atom is 0.340 e. The third-order valence-corrected chi connectivity index (χ3v) is 4.55. The highest BCUT2D eigenvalue weighted by atomic mass is 35.5. The monoisotopic (exact) mass is 362 g/mol. The molecule has 24 heavy (non-hydrogen) atoms. The molecule has 0 aliphatic heterocycles. The van der Waals surface area contributed by atoms with E-state index in [1.54, 1.807) is 12.1 Å². The average Bonchev–Trinajstić information content (AvgIpc) is 2.86. The zero-order chi connectivity index (χ0) is 17.9. The van der Waals surface area contributed by atoms with E-state index in [0.717, 1.165) is 9.75 Å². The fourth-order valence-corrected chi connectivity index (χ4v) is 3.17. The third kappa shape index (κ3) is 4.13. The first-order chi connectivity index (χ1) is 11.3. The van der Waals surface area contributed by atoms with Crippen molar-refractivity contribution in [2.45, 2.75) is 26.9 Å². The van der Waals surface area contributed by atoms with Crippen molar-refractivity contribution in [3.8, 4) is 6.07 Å². The predicted molar refractivity (Wildman–Crippen MR) is 93.5 cm³/mol. The fourth-order valence-electron chi connectivity index (χ4n) is 2.04. The van der Waals surface area contributed by atoms with Crippen LogP contribution in [0.25, 0.3) is 0 Å². The smallest absolute Gasteiger partial charge is 0.340 e. The van der Waals surface area contributed by atoms with E-state index in [0.29, 0.717) is 16.8 Å². The molecule has 1 amide bonds. The van der Waals surface area contributed by atoms with Crippen molar-refractivity contribution in [1.29, 1.82) is 5.26 Å². The van der Waals surface area contributed by atoms with Crippen LogP contribution in [0, 0.1) is 25.2 Å². The van der Waals surface area contributed by atoms with Crippen LogP contribution in [0.2, 0.25) is 5.02 Å². The molecule has 1 aromatic heterocycles. The maximum absolute atomic E-state index is 12.1. The molecule has 0 aliphatic rings. The Hall–Kier alpha value is -2.36. The Labute approximate surface area is 148 Å². The van der Waals surface area contributed by atoms with E-state index < -0.39 is 18.0 Å². The second kappa shape index (κ2) is 7.47. The van der Waals surface area contributed by atoms with Crippen LogP contribution in [-0.2, 0) is 9.53 Å². The van der Waals surface area contributed by atoms with E-state index in [2.05, 4.69) is 5.32 Å². The molecule has 1 atom stereocenters. The van der Waals surface area contributed by atoms with Crippen molar-refractivity contribution in [3.63, 3.8) is 0 Å². The molecule has 124 valence electrons. The highest BCUT2D eigenvalue weighted by Gasteiger charge is 2.21. The summed E-state index contributed by atoms with van der Waals surface area (Å²) in [6, 6.07) is 8.22. The number of benzene rings is 1. The van der Waals surface area contributed by atoms with Crippen molar-refractivity contribution >= 4 is 40.5 Å². The Kier molecular flexibility index (Phi) is 5.60. The lowest BCUT2D eigenvalue weighted by atomic mass is 10.2. The molecule has 0 fully saturated rings. The number of thiophene rings is 1. The predicted octanol–water partition coefficient (Wildman–Crippen LogP) is 4.07. The lowest BCUT2D eigenvalue weighted by molar-refractivity contribution is -0.123. The number of nitriles is 1. The Bertz CT molecular complexity index is 839. The number of hydrogen-bond acceptors (Lipinski definition) is 5. The summed E-state index contributed by atoms with van der Waals surface area (Å²) < 4.78 is 5.21. The number of carbonyl (C=O) groups is 2. The van der Waals surface area contributed by atoms with E-state index in [1.807, 2.05) is 19.9 Å². The van der Waals surface area contributed by atoms with Gasteiger partial charge in [-0.05, 0) is 45.0 Å². The number of anilines is 1. The van der Waals surface area contributed by atoms with Crippen LogP contribution in [0.5, 0.6) is 0 Å². The molecular formula is C17H15ClN2O3S. The molecule has 2 aromatic rings. The van der Waals surface area contributed by atoms with Crippen LogP contribution in [0.3, 0.4) is 0 Å². The summed E-state index contributed by atoms with van der Waals surface area (Å²) in [5.74, 6) is -1.01. The molecule has 0 spiro atoms. The van der Waals surface area contributed by atoms with Gasteiger partial charge in [0.05, 0.1) is 16.1 Å². The van der Waals surface area contributed by atoms with Crippen LogP contribution in [-0.4, -0.2) is 18.0 Å². The van der Waals surface area contributed by atoms with Gasteiger partial charge in [-0.2, -0.15) is 5.26 Å². The van der Waals surface area contributed by atoms with Crippen molar-refractivity contribution in [1.82, 2.24) is 0 Å². The van der Waals surface area contributed by atoms with Crippen LogP contribution in [0.15, 0.2) is 24.3 Å². The number of esters is 1. The lowest BCUT2D eigenvalue weighted by Gasteiger charge is -2.13. The number of hydrogen-bond donors (Lipinski definition) is 1. The van der Waals surface area contributed by atoms with Gasteiger partial charge in [0.1, 0.15) is 6.07 Å². The zero-order valence-electron chi connectivity index (χ0n) is 13.3.